The minimum absolute atomic E-state index is 0.124. The number of amides is 1. The summed E-state index contributed by atoms with van der Waals surface area (Å²) < 4.78 is 18.6. The van der Waals surface area contributed by atoms with Crippen LogP contribution in [0, 0.1) is 5.82 Å². The number of rotatable bonds is 3. The van der Waals surface area contributed by atoms with E-state index < -0.39 is 11.4 Å². The van der Waals surface area contributed by atoms with Gasteiger partial charge >= 0.3 is 6.09 Å². The molecule has 116 valence electrons. The van der Waals surface area contributed by atoms with E-state index >= 15 is 0 Å². The van der Waals surface area contributed by atoms with E-state index in [9.17, 15) is 9.18 Å². The summed E-state index contributed by atoms with van der Waals surface area (Å²) in [6.07, 6.45) is -0.293. The van der Waals surface area contributed by atoms with Crippen LogP contribution in [0.15, 0.2) is 18.2 Å². The number of likely N-dealkylation sites (tertiary alicyclic amines) is 1. The summed E-state index contributed by atoms with van der Waals surface area (Å²) in [5, 5.41) is 3.39. The van der Waals surface area contributed by atoms with Crippen LogP contribution in [0.3, 0.4) is 0 Å². The maximum Gasteiger partial charge on any atom is 0.410 e. The lowest BCUT2D eigenvalue weighted by molar-refractivity contribution is 0.00519. The predicted octanol–water partition coefficient (Wildman–Crippen LogP) is 3.19. The molecule has 0 saturated carbocycles. The third kappa shape index (κ3) is 4.58. The highest BCUT2D eigenvalue weighted by Crippen LogP contribution is 2.17. The fourth-order valence-electron chi connectivity index (χ4n) is 2.00. The van der Waals surface area contributed by atoms with Crippen LogP contribution in [0.1, 0.15) is 26.3 Å². The summed E-state index contributed by atoms with van der Waals surface area (Å²) >= 11 is 5.64. The molecule has 0 unspecified atom stereocenters. The van der Waals surface area contributed by atoms with E-state index in [-0.39, 0.29) is 17.2 Å². The van der Waals surface area contributed by atoms with E-state index in [1.54, 1.807) is 17.0 Å². The van der Waals surface area contributed by atoms with Crippen molar-refractivity contribution in [3.63, 3.8) is 0 Å². The number of hydrogen-bond acceptors (Lipinski definition) is 3. The molecule has 1 N–H and O–H groups in total. The Hall–Kier alpha value is -1.33. The second-order valence-electron chi connectivity index (χ2n) is 6.21. The molecule has 1 fully saturated rings. The number of nitrogens with zero attached hydrogens (tertiary/aromatic N) is 1. The number of hydrogen-bond donors (Lipinski definition) is 1. The van der Waals surface area contributed by atoms with E-state index in [0.29, 0.717) is 19.6 Å². The largest absolute Gasteiger partial charge is 0.444 e. The molecule has 2 rings (SSSR count). The normalized spacial score (nSPS) is 15.8. The van der Waals surface area contributed by atoms with E-state index in [1.165, 1.54) is 6.07 Å². The van der Waals surface area contributed by atoms with Gasteiger partial charge in [0.15, 0.2) is 0 Å². The first-order valence-corrected chi connectivity index (χ1v) is 7.27. The zero-order valence-electron chi connectivity index (χ0n) is 12.5. The summed E-state index contributed by atoms with van der Waals surface area (Å²) in [5.41, 5.74) is 0.351. The van der Waals surface area contributed by atoms with Gasteiger partial charge in [-0.3, -0.25) is 0 Å². The zero-order chi connectivity index (χ0) is 15.6. The number of ether oxygens (including phenoxy) is 1. The molecule has 0 bridgehead atoms. The van der Waals surface area contributed by atoms with Crippen molar-refractivity contribution in [2.45, 2.75) is 39.0 Å². The molecule has 6 heteroatoms. The molecule has 0 radical (unpaired) electrons. The van der Waals surface area contributed by atoms with Crippen molar-refractivity contribution in [2.24, 2.45) is 0 Å². The Labute approximate surface area is 129 Å². The molecular formula is C15H20ClFN2O2. The lowest BCUT2D eigenvalue weighted by Gasteiger charge is -2.40. The van der Waals surface area contributed by atoms with Crippen molar-refractivity contribution >= 4 is 17.7 Å². The SMILES string of the molecule is CC(C)(C)OC(=O)N1CC(NCc2ccc(Cl)c(F)c2)C1. The van der Waals surface area contributed by atoms with Crippen molar-refractivity contribution in [3.8, 4) is 0 Å². The molecule has 1 heterocycles. The first-order chi connectivity index (χ1) is 9.74. The second kappa shape index (κ2) is 6.20. The monoisotopic (exact) mass is 314 g/mol. The van der Waals surface area contributed by atoms with Gasteiger partial charge in [-0.25, -0.2) is 9.18 Å². The van der Waals surface area contributed by atoms with Gasteiger partial charge in [0.1, 0.15) is 11.4 Å². The number of halogens is 2. The maximum absolute atomic E-state index is 13.3. The Morgan fingerprint density at radius 2 is 2.14 bits per heavy atom. The summed E-state index contributed by atoms with van der Waals surface area (Å²) in [6.45, 7) is 7.28. The van der Waals surface area contributed by atoms with Gasteiger partial charge in [0.2, 0.25) is 0 Å². The zero-order valence-corrected chi connectivity index (χ0v) is 13.2. The summed E-state index contributed by atoms with van der Waals surface area (Å²) in [6, 6.07) is 4.94. The van der Waals surface area contributed by atoms with Gasteiger partial charge in [-0.2, -0.15) is 0 Å². The van der Waals surface area contributed by atoms with Crippen molar-refractivity contribution in [1.82, 2.24) is 10.2 Å². The summed E-state index contributed by atoms with van der Waals surface area (Å²) in [4.78, 5) is 13.4. The highest BCUT2D eigenvalue weighted by molar-refractivity contribution is 6.30. The highest BCUT2D eigenvalue weighted by Gasteiger charge is 2.33. The Bertz CT molecular complexity index is 525. The van der Waals surface area contributed by atoms with Crippen LogP contribution in [0.25, 0.3) is 0 Å². The van der Waals surface area contributed by atoms with Gasteiger partial charge in [-0.15, -0.1) is 0 Å². The van der Waals surface area contributed by atoms with Gasteiger partial charge in [0.05, 0.1) is 5.02 Å². The molecule has 4 nitrogen and oxygen atoms in total. The van der Waals surface area contributed by atoms with E-state index in [1.807, 2.05) is 20.8 Å². The van der Waals surface area contributed by atoms with Crippen molar-refractivity contribution < 1.29 is 13.9 Å². The topological polar surface area (TPSA) is 41.6 Å². The second-order valence-corrected chi connectivity index (χ2v) is 6.62. The van der Waals surface area contributed by atoms with Crippen LogP contribution < -0.4 is 5.32 Å². The minimum atomic E-state index is -0.476. The van der Waals surface area contributed by atoms with Gasteiger partial charge in [0.25, 0.3) is 0 Å². The Balaban J connectivity index is 1.73. The average Bonchev–Trinajstić information content (AvgIpc) is 2.29. The lowest BCUT2D eigenvalue weighted by atomic mass is 10.1. The van der Waals surface area contributed by atoms with Gasteiger partial charge in [-0.1, -0.05) is 17.7 Å². The molecule has 1 saturated heterocycles. The summed E-state index contributed by atoms with van der Waals surface area (Å²) in [7, 11) is 0. The number of benzene rings is 1. The number of carbonyl (C=O) groups is 1. The first kappa shape index (κ1) is 16.0. The molecule has 21 heavy (non-hydrogen) atoms. The smallest absolute Gasteiger partial charge is 0.410 e. The van der Waals surface area contributed by atoms with Gasteiger partial charge < -0.3 is 15.0 Å². The number of nitrogens with one attached hydrogen (secondary N) is 1. The molecule has 0 spiro atoms. The van der Waals surface area contributed by atoms with E-state index in [0.717, 1.165) is 5.56 Å². The quantitative estimate of drug-likeness (QED) is 0.931. The Morgan fingerprint density at radius 1 is 1.48 bits per heavy atom. The van der Waals surface area contributed by atoms with Crippen molar-refractivity contribution in [2.75, 3.05) is 13.1 Å². The van der Waals surface area contributed by atoms with Crippen LogP contribution in [-0.4, -0.2) is 35.7 Å². The fraction of sp³-hybridized carbons (Fsp3) is 0.533. The molecule has 1 aliphatic rings. The predicted molar refractivity (Wildman–Crippen MR) is 79.8 cm³/mol. The first-order valence-electron chi connectivity index (χ1n) is 6.90. The number of carbonyl (C=O) groups excluding carboxylic acids is 1. The van der Waals surface area contributed by atoms with Crippen LogP contribution in [0.5, 0.6) is 0 Å². The molecule has 1 aromatic rings. The third-order valence-electron chi connectivity index (χ3n) is 3.11. The Morgan fingerprint density at radius 3 is 2.71 bits per heavy atom. The summed E-state index contributed by atoms with van der Waals surface area (Å²) in [5.74, 6) is -0.417. The molecule has 1 aromatic carbocycles. The van der Waals surface area contributed by atoms with E-state index in [4.69, 9.17) is 16.3 Å². The van der Waals surface area contributed by atoms with Crippen LogP contribution in [0.2, 0.25) is 5.02 Å². The van der Waals surface area contributed by atoms with E-state index in [2.05, 4.69) is 5.32 Å². The third-order valence-corrected chi connectivity index (χ3v) is 3.42. The Kier molecular flexibility index (Phi) is 4.74. The van der Waals surface area contributed by atoms with Gasteiger partial charge in [-0.05, 0) is 38.5 Å². The molecular weight excluding hydrogens is 295 g/mol. The minimum Gasteiger partial charge on any atom is -0.444 e. The van der Waals surface area contributed by atoms with Gasteiger partial charge in [0, 0.05) is 25.7 Å². The van der Waals surface area contributed by atoms with Crippen LogP contribution in [-0.2, 0) is 11.3 Å². The molecule has 0 aromatic heterocycles. The molecule has 1 amide bonds. The standard InChI is InChI=1S/C15H20ClFN2O2/c1-15(2,3)21-14(20)19-8-11(9-19)18-7-10-4-5-12(16)13(17)6-10/h4-6,11,18H,7-9H2,1-3H3. The molecule has 1 aliphatic heterocycles. The lowest BCUT2D eigenvalue weighted by Crippen LogP contribution is -2.60. The fourth-order valence-corrected chi connectivity index (χ4v) is 2.11. The van der Waals surface area contributed by atoms with Crippen molar-refractivity contribution in [1.29, 1.82) is 0 Å². The van der Waals surface area contributed by atoms with Crippen molar-refractivity contribution in [3.05, 3.63) is 34.6 Å². The van der Waals surface area contributed by atoms with Crippen LogP contribution in [0.4, 0.5) is 9.18 Å². The van der Waals surface area contributed by atoms with Crippen LogP contribution >= 0.6 is 11.6 Å². The average molecular weight is 315 g/mol. The highest BCUT2D eigenvalue weighted by atomic mass is 35.5. The maximum atomic E-state index is 13.3. The molecule has 0 aliphatic carbocycles. The molecule has 0 atom stereocenters.